The second-order valence-electron chi connectivity index (χ2n) is 4.64. The minimum atomic E-state index is -1.01. The maximum Gasteiger partial charge on any atom is 0.336 e. The minimum absolute atomic E-state index is 0.143. The first-order valence-corrected chi connectivity index (χ1v) is 6.40. The van der Waals surface area contributed by atoms with Gasteiger partial charge in [-0.2, -0.15) is 0 Å². The van der Waals surface area contributed by atoms with Crippen molar-refractivity contribution in [1.82, 2.24) is 0 Å². The fourth-order valence-electron chi connectivity index (χ4n) is 2.05. The quantitative estimate of drug-likeness (QED) is 0.667. The molecule has 0 fully saturated rings. The maximum atomic E-state index is 11.5. The molecule has 0 heterocycles. The molecule has 0 atom stereocenters. The maximum absolute atomic E-state index is 11.5. The largest absolute Gasteiger partial charge is 0.508 e. The van der Waals surface area contributed by atoms with E-state index in [1.54, 1.807) is 43.5 Å². The van der Waals surface area contributed by atoms with Crippen molar-refractivity contribution >= 4 is 17.6 Å². The third-order valence-electron chi connectivity index (χ3n) is 3.14. The molecule has 21 heavy (non-hydrogen) atoms. The van der Waals surface area contributed by atoms with Crippen molar-refractivity contribution in [2.45, 2.75) is 6.92 Å². The van der Waals surface area contributed by atoms with Crippen molar-refractivity contribution in [3.8, 4) is 11.5 Å². The van der Waals surface area contributed by atoms with Crippen molar-refractivity contribution in [2.24, 2.45) is 0 Å². The summed E-state index contributed by atoms with van der Waals surface area (Å²) < 4.78 is 5.18. The second-order valence-corrected chi connectivity index (χ2v) is 4.64. The molecule has 0 unspecified atom stereocenters. The van der Waals surface area contributed by atoms with Gasteiger partial charge >= 0.3 is 5.97 Å². The average Bonchev–Trinajstić information content (AvgIpc) is 2.46. The normalized spacial score (nSPS) is 11.2. The lowest BCUT2D eigenvalue weighted by molar-refractivity contribution is -0.130. The minimum Gasteiger partial charge on any atom is -0.508 e. The van der Waals surface area contributed by atoms with Crippen LogP contribution < -0.4 is 4.74 Å². The van der Waals surface area contributed by atoms with E-state index in [-0.39, 0.29) is 11.3 Å². The zero-order valence-corrected chi connectivity index (χ0v) is 11.8. The van der Waals surface area contributed by atoms with Gasteiger partial charge in [-0.15, -0.1) is 0 Å². The lowest BCUT2D eigenvalue weighted by Crippen LogP contribution is -2.00. The second kappa shape index (κ2) is 6.13. The van der Waals surface area contributed by atoms with Gasteiger partial charge in [0, 0.05) is 0 Å². The van der Waals surface area contributed by atoms with E-state index >= 15 is 0 Å². The van der Waals surface area contributed by atoms with Crippen LogP contribution in [0.25, 0.3) is 11.6 Å². The Kier molecular flexibility index (Phi) is 4.28. The number of methoxy groups -OCH3 is 1. The highest BCUT2D eigenvalue weighted by atomic mass is 16.5. The van der Waals surface area contributed by atoms with Crippen molar-refractivity contribution < 1.29 is 19.7 Å². The predicted octanol–water partition coefficient (Wildman–Crippen LogP) is 3.33. The van der Waals surface area contributed by atoms with Crippen LogP contribution in [0.15, 0.2) is 42.5 Å². The monoisotopic (exact) mass is 284 g/mol. The van der Waals surface area contributed by atoms with Gasteiger partial charge in [0.25, 0.3) is 0 Å². The Morgan fingerprint density at radius 3 is 2.33 bits per heavy atom. The molecule has 0 aromatic heterocycles. The summed E-state index contributed by atoms with van der Waals surface area (Å²) >= 11 is 0. The van der Waals surface area contributed by atoms with Crippen molar-refractivity contribution in [1.29, 1.82) is 0 Å². The van der Waals surface area contributed by atoms with E-state index in [4.69, 9.17) is 4.74 Å². The molecule has 2 N–H and O–H groups in total. The first-order valence-electron chi connectivity index (χ1n) is 6.40. The number of phenolic OH excluding ortho intramolecular Hbond substituents is 1. The van der Waals surface area contributed by atoms with Crippen LogP contribution in [0.4, 0.5) is 0 Å². The smallest absolute Gasteiger partial charge is 0.336 e. The number of phenols is 1. The highest BCUT2D eigenvalue weighted by Crippen LogP contribution is 2.25. The Morgan fingerprint density at radius 1 is 1.14 bits per heavy atom. The zero-order valence-electron chi connectivity index (χ0n) is 11.8. The molecule has 0 saturated heterocycles. The number of rotatable bonds is 4. The number of carbonyl (C=O) groups is 1. The van der Waals surface area contributed by atoms with E-state index in [0.29, 0.717) is 16.9 Å². The number of aryl methyl sites for hydroxylation is 1. The van der Waals surface area contributed by atoms with E-state index < -0.39 is 5.97 Å². The van der Waals surface area contributed by atoms with Crippen molar-refractivity contribution in [3.63, 3.8) is 0 Å². The lowest BCUT2D eigenvalue weighted by atomic mass is 10.0. The highest BCUT2D eigenvalue weighted by Gasteiger charge is 2.12. The number of hydrogen-bond acceptors (Lipinski definition) is 3. The van der Waals surface area contributed by atoms with Gasteiger partial charge in [0.15, 0.2) is 0 Å². The number of benzene rings is 2. The molecule has 0 spiro atoms. The van der Waals surface area contributed by atoms with Gasteiger partial charge in [-0.05, 0) is 54.0 Å². The van der Waals surface area contributed by atoms with Gasteiger partial charge in [-0.1, -0.05) is 18.2 Å². The SMILES string of the molecule is COc1ccc(/C(=C/c2ccc(O)cc2)C(=O)O)cc1C. The Balaban J connectivity index is 2.46. The number of ether oxygens (including phenoxy) is 1. The first kappa shape index (κ1) is 14.7. The van der Waals surface area contributed by atoms with Crippen molar-refractivity contribution in [2.75, 3.05) is 7.11 Å². The van der Waals surface area contributed by atoms with Crippen molar-refractivity contribution in [3.05, 3.63) is 59.2 Å². The van der Waals surface area contributed by atoms with E-state index in [1.807, 2.05) is 6.92 Å². The van der Waals surface area contributed by atoms with Crippen LogP contribution in [0.3, 0.4) is 0 Å². The molecule has 0 aliphatic heterocycles. The molecule has 2 rings (SSSR count). The van der Waals surface area contributed by atoms with Gasteiger partial charge in [-0.3, -0.25) is 0 Å². The van der Waals surface area contributed by atoms with E-state index in [1.165, 1.54) is 12.1 Å². The number of carboxylic acid groups (broad SMARTS) is 1. The summed E-state index contributed by atoms with van der Waals surface area (Å²) in [6.07, 6.45) is 1.57. The van der Waals surface area contributed by atoms with Gasteiger partial charge < -0.3 is 14.9 Å². The topological polar surface area (TPSA) is 66.8 Å². The number of aromatic hydroxyl groups is 1. The summed E-state index contributed by atoms with van der Waals surface area (Å²) in [6.45, 7) is 1.86. The fourth-order valence-corrected chi connectivity index (χ4v) is 2.05. The summed E-state index contributed by atoms with van der Waals surface area (Å²) in [5, 5.41) is 18.7. The molecule has 0 aliphatic rings. The van der Waals surface area contributed by atoms with E-state index in [0.717, 1.165) is 5.56 Å². The number of hydrogen-bond donors (Lipinski definition) is 2. The van der Waals surface area contributed by atoms with E-state index in [2.05, 4.69) is 0 Å². The van der Waals surface area contributed by atoms with Crippen LogP contribution in [0.2, 0.25) is 0 Å². The first-order chi connectivity index (χ1) is 10.0. The molecule has 2 aromatic carbocycles. The van der Waals surface area contributed by atoms with Gasteiger partial charge in [-0.25, -0.2) is 4.79 Å². The molecule has 4 heteroatoms. The number of aliphatic carboxylic acids is 1. The molecular formula is C17H16O4. The van der Waals surface area contributed by atoms with Gasteiger partial charge in [0.1, 0.15) is 11.5 Å². The Hall–Kier alpha value is -2.75. The molecule has 4 nitrogen and oxygen atoms in total. The third-order valence-corrected chi connectivity index (χ3v) is 3.14. The molecule has 0 saturated carbocycles. The molecule has 0 radical (unpaired) electrons. The Labute approximate surface area is 122 Å². The van der Waals surface area contributed by atoms with Gasteiger partial charge in [0.2, 0.25) is 0 Å². The van der Waals surface area contributed by atoms with Crippen LogP contribution >= 0.6 is 0 Å². The standard InChI is InChI=1S/C17H16O4/c1-11-9-13(5-8-16(11)21-2)15(17(19)20)10-12-3-6-14(18)7-4-12/h3-10,18H,1-2H3,(H,19,20)/b15-10-. The lowest BCUT2D eigenvalue weighted by Gasteiger charge is -2.08. The summed E-state index contributed by atoms with van der Waals surface area (Å²) in [5.74, 6) is -0.148. The predicted molar refractivity (Wildman–Crippen MR) is 81.3 cm³/mol. The molecule has 0 amide bonds. The van der Waals surface area contributed by atoms with Gasteiger partial charge in [0.05, 0.1) is 12.7 Å². The van der Waals surface area contributed by atoms with Crippen LogP contribution in [-0.4, -0.2) is 23.3 Å². The molecular weight excluding hydrogens is 268 g/mol. The zero-order chi connectivity index (χ0) is 15.4. The highest BCUT2D eigenvalue weighted by molar-refractivity contribution is 6.20. The third kappa shape index (κ3) is 3.42. The number of carboxylic acids is 1. The molecule has 2 aromatic rings. The van der Waals surface area contributed by atoms with Crippen LogP contribution in [0.1, 0.15) is 16.7 Å². The summed E-state index contributed by atoms with van der Waals surface area (Å²) in [4.78, 5) is 11.5. The van der Waals surface area contributed by atoms with Crippen LogP contribution in [-0.2, 0) is 4.79 Å². The Morgan fingerprint density at radius 2 is 1.81 bits per heavy atom. The molecule has 0 aliphatic carbocycles. The summed E-state index contributed by atoms with van der Waals surface area (Å²) in [6, 6.07) is 11.6. The van der Waals surface area contributed by atoms with Crippen LogP contribution in [0.5, 0.6) is 11.5 Å². The fraction of sp³-hybridized carbons (Fsp3) is 0.118. The van der Waals surface area contributed by atoms with E-state index in [9.17, 15) is 15.0 Å². The molecule has 0 bridgehead atoms. The van der Waals surface area contributed by atoms with Crippen LogP contribution in [0, 0.1) is 6.92 Å². The summed E-state index contributed by atoms with van der Waals surface area (Å²) in [7, 11) is 1.58. The summed E-state index contributed by atoms with van der Waals surface area (Å²) in [5.41, 5.74) is 2.37. The molecule has 108 valence electrons. The average molecular weight is 284 g/mol. The Bertz CT molecular complexity index is 684.